The van der Waals surface area contributed by atoms with E-state index in [-0.39, 0.29) is 11.9 Å². The van der Waals surface area contributed by atoms with Crippen LogP contribution in [0.1, 0.15) is 40.0 Å². The average Bonchev–Trinajstić information content (AvgIpc) is 3.14. The van der Waals surface area contributed by atoms with Crippen LogP contribution < -0.4 is 5.32 Å². The quantitative estimate of drug-likeness (QED) is 0.683. The van der Waals surface area contributed by atoms with Gasteiger partial charge in [-0.2, -0.15) is 5.10 Å². The van der Waals surface area contributed by atoms with E-state index < -0.39 is 0 Å². The molecule has 3 aromatic rings. The zero-order valence-corrected chi connectivity index (χ0v) is 17.0. The maximum absolute atomic E-state index is 12.6. The van der Waals surface area contributed by atoms with Crippen LogP contribution in [0.15, 0.2) is 60.9 Å². The predicted octanol–water partition coefficient (Wildman–Crippen LogP) is 3.78. The molecule has 0 aliphatic carbocycles. The van der Waals surface area contributed by atoms with Gasteiger partial charge in [-0.3, -0.25) is 4.79 Å². The Morgan fingerprint density at radius 2 is 1.79 bits per heavy atom. The summed E-state index contributed by atoms with van der Waals surface area (Å²) in [6.07, 6.45) is 4.80. The van der Waals surface area contributed by atoms with Gasteiger partial charge in [0, 0.05) is 18.3 Å². The van der Waals surface area contributed by atoms with Gasteiger partial charge in [0.2, 0.25) is 0 Å². The minimum absolute atomic E-state index is 0.0692. The summed E-state index contributed by atoms with van der Waals surface area (Å²) >= 11 is 0. The SMILES string of the molecule is CCc1ccc(C(CNC(=O)c2ccc(-n3cc(C)cn3)cc2)N(C)C)cc1. The lowest BCUT2D eigenvalue weighted by molar-refractivity contribution is 0.0942. The molecule has 0 aliphatic heterocycles. The standard InChI is InChI=1S/C23H28N4O/c1-5-18-6-8-19(9-7-18)22(26(3)4)15-24-23(28)20-10-12-21(13-11-20)27-16-17(2)14-25-27/h6-14,16,22H,5,15H2,1-4H3,(H,24,28). The smallest absolute Gasteiger partial charge is 0.251 e. The number of hydrogen-bond acceptors (Lipinski definition) is 3. The molecule has 0 aliphatic rings. The van der Waals surface area contributed by atoms with Gasteiger partial charge < -0.3 is 10.2 Å². The second kappa shape index (κ2) is 8.85. The first-order valence-corrected chi connectivity index (χ1v) is 9.63. The van der Waals surface area contributed by atoms with E-state index in [2.05, 4.69) is 46.5 Å². The van der Waals surface area contributed by atoms with Crippen molar-refractivity contribution in [3.8, 4) is 5.69 Å². The molecule has 146 valence electrons. The third-order valence-corrected chi connectivity index (χ3v) is 4.96. The van der Waals surface area contributed by atoms with Crippen LogP contribution in [-0.2, 0) is 6.42 Å². The molecule has 1 N–H and O–H groups in total. The van der Waals surface area contributed by atoms with Crippen LogP contribution in [0.3, 0.4) is 0 Å². The van der Waals surface area contributed by atoms with Gasteiger partial charge in [-0.15, -0.1) is 0 Å². The molecular weight excluding hydrogens is 348 g/mol. The van der Waals surface area contributed by atoms with Gasteiger partial charge in [-0.1, -0.05) is 31.2 Å². The third-order valence-electron chi connectivity index (χ3n) is 4.96. The minimum atomic E-state index is -0.0692. The summed E-state index contributed by atoms with van der Waals surface area (Å²) in [6, 6.07) is 16.2. The second-order valence-electron chi connectivity index (χ2n) is 7.29. The first kappa shape index (κ1) is 19.8. The molecule has 28 heavy (non-hydrogen) atoms. The van der Waals surface area contributed by atoms with E-state index in [9.17, 15) is 4.79 Å². The molecule has 0 fully saturated rings. The molecule has 1 atom stereocenters. The van der Waals surface area contributed by atoms with Gasteiger partial charge in [0.1, 0.15) is 0 Å². The van der Waals surface area contributed by atoms with E-state index in [1.54, 1.807) is 4.68 Å². The number of hydrogen-bond donors (Lipinski definition) is 1. The summed E-state index contributed by atoms with van der Waals surface area (Å²) in [5.41, 5.74) is 5.20. The van der Waals surface area contributed by atoms with Crippen molar-refractivity contribution in [3.63, 3.8) is 0 Å². The van der Waals surface area contributed by atoms with Crippen LogP contribution >= 0.6 is 0 Å². The topological polar surface area (TPSA) is 50.2 Å². The molecule has 1 heterocycles. The summed E-state index contributed by atoms with van der Waals surface area (Å²) in [7, 11) is 4.07. The molecule has 5 heteroatoms. The van der Waals surface area contributed by atoms with Crippen LogP contribution in [-0.4, -0.2) is 41.2 Å². The third kappa shape index (κ3) is 4.67. The number of carbonyl (C=O) groups excluding carboxylic acids is 1. The van der Waals surface area contributed by atoms with E-state index in [0.717, 1.165) is 17.7 Å². The molecule has 3 rings (SSSR count). The maximum atomic E-state index is 12.6. The zero-order valence-electron chi connectivity index (χ0n) is 17.0. The summed E-state index contributed by atoms with van der Waals surface area (Å²) in [5, 5.41) is 7.36. The molecule has 0 bridgehead atoms. The Balaban J connectivity index is 1.65. The monoisotopic (exact) mass is 376 g/mol. The minimum Gasteiger partial charge on any atom is -0.350 e. The lowest BCUT2D eigenvalue weighted by atomic mass is 10.0. The number of aromatic nitrogens is 2. The van der Waals surface area contributed by atoms with E-state index >= 15 is 0 Å². The highest BCUT2D eigenvalue weighted by atomic mass is 16.1. The van der Waals surface area contributed by atoms with E-state index in [1.807, 2.05) is 57.7 Å². The number of carbonyl (C=O) groups is 1. The molecular formula is C23H28N4O. The van der Waals surface area contributed by atoms with Crippen molar-refractivity contribution in [1.29, 1.82) is 0 Å². The molecule has 2 aromatic carbocycles. The number of likely N-dealkylation sites (N-methyl/N-ethyl adjacent to an activating group) is 1. The number of rotatable bonds is 7. The summed E-state index contributed by atoms with van der Waals surface area (Å²) in [5.74, 6) is -0.0692. The van der Waals surface area contributed by atoms with Crippen molar-refractivity contribution in [1.82, 2.24) is 20.0 Å². The van der Waals surface area contributed by atoms with Gasteiger partial charge in [0.25, 0.3) is 5.91 Å². The van der Waals surface area contributed by atoms with Crippen molar-refractivity contribution in [2.45, 2.75) is 26.3 Å². The van der Waals surface area contributed by atoms with Crippen molar-refractivity contribution < 1.29 is 4.79 Å². The molecule has 1 aromatic heterocycles. The Morgan fingerprint density at radius 3 is 2.32 bits per heavy atom. The Bertz CT molecular complexity index is 911. The van der Waals surface area contributed by atoms with Crippen LogP contribution in [0.5, 0.6) is 0 Å². The van der Waals surface area contributed by atoms with E-state index in [0.29, 0.717) is 12.1 Å². The highest BCUT2D eigenvalue weighted by Gasteiger charge is 2.16. The fourth-order valence-corrected chi connectivity index (χ4v) is 3.19. The fraction of sp³-hybridized carbons (Fsp3) is 0.304. The number of benzene rings is 2. The summed E-state index contributed by atoms with van der Waals surface area (Å²) in [6.45, 7) is 4.71. The van der Waals surface area contributed by atoms with Gasteiger partial charge in [-0.05, 0) is 68.4 Å². The Hall–Kier alpha value is -2.92. The largest absolute Gasteiger partial charge is 0.350 e. The predicted molar refractivity (Wildman–Crippen MR) is 113 cm³/mol. The van der Waals surface area contributed by atoms with Gasteiger partial charge in [-0.25, -0.2) is 4.68 Å². The molecule has 1 amide bonds. The van der Waals surface area contributed by atoms with Crippen molar-refractivity contribution in [3.05, 3.63) is 83.2 Å². The Kier molecular flexibility index (Phi) is 6.26. The van der Waals surface area contributed by atoms with Crippen LogP contribution in [0.4, 0.5) is 0 Å². The van der Waals surface area contributed by atoms with Gasteiger partial charge >= 0.3 is 0 Å². The molecule has 0 spiro atoms. The maximum Gasteiger partial charge on any atom is 0.251 e. The van der Waals surface area contributed by atoms with E-state index in [1.165, 1.54) is 11.1 Å². The van der Waals surface area contributed by atoms with Crippen LogP contribution in [0.25, 0.3) is 5.69 Å². The number of amides is 1. The lowest BCUT2D eigenvalue weighted by Crippen LogP contribution is -2.34. The average molecular weight is 377 g/mol. The molecule has 1 unspecified atom stereocenters. The molecule has 0 saturated heterocycles. The Labute approximate surface area is 167 Å². The number of nitrogens with one attached hydrogen (secondary N) is 1. The fourth-order valence-electron chi connectivity index (χ4n) is 3.19. The highest BCUT2D eigenvalue weighted by molar-refractivity contribution is 5.94. The second-order valence-corrected chi connectivity index (χ2v) is 7.29. The highest BCUT2D eigenvalue weighted by Crippen LogP contribution is 2.19. The first-order chi connectivity index (χ1) is 13.5. The van der Waals surface area contributed by atoms with E-state index in [4.69, 9.17) is 0 Å². The van der Waals surface area contributed by atoms with Gasteiger partial charge in [0.05, 0.1) is 17.9 Å². The summed E-state index contributed by atoms with van der Waals surface area (Å²) < 4.78 is 1.80. The molecule has 0 saturated carbocycles. The van der Waals surface area contributed by atoms with Crippen molar-refractivity contribution >= 4 is 5.91 Å². The number of nitrogens with zero attached hydrogens (tertiary/aromatic N) is 3. The normalized spacial score (nSPS) is 12.2. The number of aryl methyl sites for hydroxylation is 2. The van der Waals surface area contributed by atoms with Crippen molar-refractivity contribution in [2.75, 3.05) is 20.6 Å². The van der Waals surface area contributed by atoms with Crippen LogP contribution in [0, 0.1) is 6.92 Å². The Morgan fingerprint density at radius 1 is 1.11 bits per heavy atom. The first-order valence-electron chi connectivity index (χ1n) is 9.63. The van der Waals surface area contributed by atoms with Gasteiger partial charge in [0.15, 0.2) is 0 Å². The lowest BCUT2D eigenvalue weighted by Gasteiger charge is -2.25. The van der Waals surface area contributed by atoms with Crippen molar-refractivity contribution in [2.24, 2.45) is 0 Å². The molecule has 0 radical (unpaired) electrons. The van der Waals surface area contributed by atoms with Crippen LogP contribution in [0.2, 0.25) is 0 Å². The molecule has 5 nitrogen and oxygen atoms in total. The zero-order chi connectivity index (χ0) is 20.1. The summed E-state index contributed by atoms with van der Waals surface area (Å²) in [4.78, 5) is 14.7.